The molecule has 26 unspecified atom stereocenters. The second kappa shape index (κ2) is 18.2. The molecule has 0 bridgehead atoms. The molecule has 17 N–H and O–H groups in total. The smallest absolute Gasteiger partial charge is 0.187 e. The Bertz CT molecular complexity index is 1300. The maximum Gasteiger partial charge on any atom is 0.187 e. The highest BCUT2D eigenvalue weighted by Crippen LogP contribution is 2.48. The average molecular weight is 838 g/mol. The van der Waals surface area contributed by atoms with Gasteiger partial charge in [-0.15, -0.1) is 0 Å². The monoisotopic (exact) mass is 837 g/mol. The third-order valence-electron chi connectivity index (χ3n) is 11.8. The summed E-state index contributed by atoms with van der Waals surface area (Å²) in [6.07, 6.45) is -38.4. The number of fused-ring (bicyclic) bond motifs is 1. The Morgan fingerprint density at radius 1 is 0.456 bits per heavy atom. The first kappa shape index (κ1) is 45.5. The van der Waals surface area contributed by atoms with Crippen LogP contribution in [0.1, 0.15) is 6.92 Å². The van der Waals surface area contributed by atoms with Gasteiger partial charge in [-0.3, -0.25) is 0 Å². The quantitative estimate of drug-likeness (QED) is 0.0766. The van der Waals surface area contributed by atoms with E-state index in [1.54, 1.807) is 0 Å². The predicted molar refractivity (Wildman–Crippen MR) is 175 cm³/mol. The summed E-state index contributed by atoms with van der Waals surface area (Å²) in [5.74, 6) is 0. The highest BCUT2D eigenvalue weighted by atomic mass is 16.8. The van der Waals surface area contributed by atoms with Crippen LogP contribution in [0.5, 0.6) is 0 Å². The minimum Gasteiger partial charge on any atom is -0.394 e. The van der Waals surface area contributed by atoms with Crippen molar-refractivity contribution in [3.8, 4) is 0 Å². The van der Waals surface area contributed by atoms with Crippen molar-refractivity contribution in [3.05, 3.63) is 0 Å². The van der Waals surface area contributed by atoms with Gasteiger partial charge in [-0.2, -0.15) is 0 Å². The topological polar surface area (TPSA) is 413 Å². The SMILES string of the molecule is CC1OC(CO)C(OC2OC(CO)C(OC3OC(CO)C(OC4OC(CO)C(NC5C(O)C(O)C(O)C6(CO)OC56)C(O)C4O)C(O)C3O)C(O)C2O)C(O)C1O. The van der Waals surface area contributed by atoms with E-state index in [1.807, 2.05) is 0 Å². The fourth-order valence-corrected chi connectivity index (χ4v) is 8.29. The van der Waals surface area contributed by atoms with Gasteiger partial charge in [0.1, 0.15) is 122 Å². The van der Waals surface area contributed by atoms with Crippen LogP contribution in [0.15, 0.2) is 0 Å². The van der Waals surface area contributed by atoms with Crippen LogP contribution in [0.25, 0.3) is 0 Å². The summed E-state index contributed by atoms with van der Waals surface area (Å²) in [5, 5.41) is 171. The van der Waals surface area contributed by atoms with Crippen molar-refractivity contribution in [1.29, 1.82) is 0 Å². The van der Waals surface area contributed by atoms with Crippen molar-refractivity contribution >= 4 is 0 Å². The Morgan fingerprint density at radius 3 is 1.28 bits per heavy atom. The molecular weight excluding hydrogens is 782 g/mol. The van der Waals surface area contributed by atoms with E-state index in [0.717, 1.165) is 0 Å². The second-order valence-corrected chi connectivity index (χ2v) is 15.3. The van der Waals surface area contributed by atoms with Gasteiger partial charge in [0.15, 0.2) is 18.9 Å². The van der Waals surface area contributed by atoms with Crippen LogP contribution in [0.4, 0.5) is 0 Å². The largest absolute Gasteiger partial charge is 0.394 e. The van der Waals surface area contributed by atoms with Crippen LogP contribution in [0.3, 0.4) is 0 Å². The first-order valence-corrected chi connectivity index (χ1v) is 18.5. The molecule has 25 heteroatoms. The van der Waals surface area contributed by atoms with Crippen LogP contribution in [-0.4, -0.2) is 273 Å². The Hall–Kier alpha value is -1.00. The van der Waals surface area contributed by atoms with Crippen molar-refractivity contribution in [2.75, 3.05) is 33.0 Å². The van der Waals surface area contributed by atoms with E-state index < -0.39 is 192 Å². The molecule has 0 aromatic rings. The summed E-state index contributed by atoms with van der Waals surface area (Å²) >= 11 is 0. The van der Waals surface area contributed by atoms with Gasteiger partial charge >= 0.3 is 0 Å². The molecule has 332 valence electrons. The number of aliphatic hydroxyl groups excluding tert-OH is 16. The number of hydrogen-bond donors (Lipinski definition) is 17. The Kier molecular flexibility index (Phi) is 14.5. The third-order valence-corrected chi connectivity index (χ3v) is 11.8. The van der Waals surface area contributed by atoms with Crippen molar-refractivity contribution in [3.63, 3.8) is 0 Å². The zero-order valence-electron chi connectivity index (χ0n) is 30.4. The maximum atomic E-state index is 11.1. The molecule has 6 rings (SSSR count). The fraction of sp³-hybridized carbons (Fsp3) is 1.00. The normalized spacial score (nSPS) is 55.6. The van der Waals surface area contributed by atoms with E-state index in [0.29, 0.717) is 0 Å². The summed E-state index contributed by atoms with van der Waals surface area (Å²) in [6, 6.07) is -2.64. The lowest BCUT2D eigenvalue weighted by Crippen LogP contribution is -2.71. The molecule has 5 aliphatic heterocycles. The van der Waals surface area contributed by atoms with Gasteiger partial charge in [0.25, 0.3) is 0 Å². The Labute approximate surface area is 323 Å². The lowest BCUT2D eigenvalue weighted by molar-refractivity contribution is -0.383. The number of rotatable bonds is 13. The summed E-state index contributed by atoms with van der Waals surface area (Å²) in [5.41, 5.74) is -1.61. The minimum absolute atomic E-state index is 0.673. The van der Waals surface area contributed by atoms with E-state index in [-0.39, 0.29) is 0 Å². The molecule has 6 aliphatic rings. The Morgan fingerprint density at radius 2 is 0.842 bits per heavy atom. The van der Waals surface area contributed by atoms with Crippen LogP contribution >= 0.6 is 0 Å². The molecule has 5 saturated heterocycles. The zero-order chi connectivity index (χ0) is 41.8. The lowest BCUT2D eigenvalue weighted by atomic mass is 9.79. The highest BCUT2D eigenvalue weighted by Gasteiger charge is 2.72. The van der Waals surface area contributed by atoms with Crippen molar-refractivity contribution < 1.29 is 120 Å². The molecule has 5 heterocycles. The molecule has 0 amide bonds. The molecule has 0 aromatic heterocycles. The van der Waals surface area contributed by atoms with Gasteiger partial charge in [0.05, 0.1) is 51.2 Å². The molecule has 1 saturated carbocycles. The Balaban J connectivity index is 1.09. The van der Waals surface area contributed by atoms with Crippen LogP contribution in [0.2, 0.25) is 0 Å². The maximum absolute atomic E-state index is 11.1. The van der Waals surface area contributed by atoms with Gasteiger partial charge in [-0.1, -0.05) is 0 Å². The first-order chi connectivity index (χ1) is 27.0. The summed E-state index contributed by atoms with van der Waals surface area (Å²) < 4.78 is 44.7. The van der Waals surface area contributed by atoms with Crippen LogP contribution in [0, 0.1) is 0 Å². The molecule has 1 aliphatic carbocycles. The molecule has 0 aromatic carbocycles. The lowest BCUT2D eigenvalue weighted by Gasteiger charge is -2.49. The third kappa shape index (κ3) is 8.23. The molecular formula is C32H55NO24. The van der Waals surface area contributed by atoms with E-state index >= 15 is 0 Å². The van der Waals surface area contributed by atoms with Gasteiger partial charge in [0.2, 0.25) is 0 Å². The van der Waals surface area contributed by atoms with E-state index in [9.17, 15) is 81.7 Å². The molecule has 0 spiro atoms. The van der Waals surface area contributed by atoms with Crippen molar-refractivity contribution in [2.24, 2.45) is 0 Å². The second-order valence-electron chi connectivity index (χ2n) is 15.3. The van der Waals surface area contributed by atoms with Gasteiger partial charge in [0, 0.05) is 0 Å². The van der Waals surface area contributed by atoms with Crippen molar-refractivity contribution in [1.82, 2.24) is 5.32 Å². The van der Waals surface area contributed by atoms with Crippen LogP contribution in [-0.2, 0) is 37.9 Å². The predicted octanol–water partition coefficient (Wildman–Crippen LogP) is -11.5. The molecule has 26 atom stereocenters. The fourth-order valence-electron chi connectivity index (χ4n) is 8.29. The zero-order valence-corrected chi connectivity index (χ0v) is 30.4. The van der Waals surface area contributed by atoms with Gasteiger partial charge in [-0.25, -0.2) is 0 Å². The van der Waals surface area contributed by atoms with Gasteiger partial charge in [-0.05, 0) is 6.92 Å². The average Bonchev–Trinajstić information content (AvgIpc) is 3.96. The van der Waals surface area contributed by atoms with E-state index in [1.165, 1.54) is 6.92 Å². The van der Waals surface area contributed by atoms with Crippen molar-refractivity contribution in [2.45, 2.75) is 166 Å². The number of epoxide rings is 1. The molecule has 6 fully saturated rings. The summed E-state index contributed by atoms with van der Waals surface area (Å²) in [4.78, 5) is 0. The van der Waals surface area contributed by atoms with E-state index in [2.05, 4.69) is 5.32 Å². The standard InChI is InChI=1S/C32H55NO24/c1-7-14(39)17(42)24(9(3-35)50-7)54-30-22(47)19(44)26(11(5-37)52-30)56-31-23(48)18(43)25(10(4-36)53-31)55-29-21(46)15(40)12(8(2-34)51-29)33-13-16(41)20(45)27(49)32(6-38)28(13)57-32/h7-31,33-49H,2-6H2,1H3. The summed E-state index contributed by atoms with van der Waals surface area (Å²) in [7, 11) is 0. The molecule has 57 heavy (non-hydrogen) atoms. The summed E-state index contributed by atoms with van der Waals surface area (Å²) in [6.45, 7) is -2.64. The van der Waals surface area contributed by atoms with Gasteiger partial charge < -0.3 is 125 Å². The van der Waals surface area contributed by atoms with E-state index in [4.69, 9.17) is 37.9 Å². The number of aliphatic hydroxyl groups is 16. The number of ether oxygens (including phenoxy) is 8. The molecule has 25 nitrogen and oxygen atoms in total. The molecule has 0 radical (unpaired) electrons. The minimum atomic E-state index is -2.08. The highest BCUT2D eigenvalue weighted by molar-refractivity contribution is 5.22. The number of nitrogens with one attached hydrogen (secondary N) is 1. The van der Waals surface area contributed by atoms with Crippen LogP contribution < -0.4 is 5.32 Å². The number of hydrogen-bond acceptors (Lipinski definition) is 25. The first-order valence-electron chi connectivity index (χ1n) is 18.5.